The van der Waals surface area contributed by atoms with Crippen LogP contribution in [0.4, 0.5) is 4.39 Å². The standard InChI is InChI=1S/C12H15FN4OS/c1-17-11(6-14)15-16-12(17)19-7-8-5-9(13)3-4-10(8)18-2/h3-5H,6-7,14H2,1-2H3. The summed E-state index contributed by atoms with van der Waals surface area (Å²) >= 11 is 1.46. The molecule has 0 amide bonds. The molecule has 5 nitrogen and oxygen atoms in total. The summed E-state index contributed by atoms with van der Waals surface area (Å²) in [5.74, 6) is 1.65. The second-order valence-corrected chi connectivity index (χ2v) is 4.85. The highest BCUT2D eigenvalue weighted by molar-refractivity contribution is 7.98. The molecule has 1 heterocycles. The molecule has 2 aromatic rings. The Morgan fingerprint density at radius 1 is 1.42 bits per heavy atom. The first kappa shape index (κ1) is 13.8. The number of methoxy groups -OCH3 is 1. The number of nitrogens with two attached hydrogens (primary N) is 1. The van der Waals surface area contributed by atoms with Gasteiger partial charge in [0, 0.05) is 18.4 Å². The van der Waals surface area contributed by atoms with Crippen LogP contribution in [0.15, 0.2) is 23.4 Å². The van der Waals surface area contributed by atoms with Gasteiger partial charge in [-0.15, -0.1) is 10.2 Å². The summed E-state index contributed by atoms with van der Waals surface area (Å²) < 4.78 is 20.3. The van der Waals surface area contributed by atoms with E-state index in [2.05, 4.69) is 10.2 Å². The van der Waals surface area contributed by atoms with Crippen LogP contribution in [0.5, 0.6) is 5.75 Å². The van der Waals surface area contributed by atoms with Gasteiger partial charge >= 0.3 is 0 Å². The Morgan fingerprint density at radius 3 is 2.84 bits per heavy atom. The van der Waals surface area contributed by atoms with E-state index in [0.29, 0.717) is 23.9 Å². The zero-order chi connectivity index (χ0) is 13.8. The number of benzene rings is 1. The topological polar surface area (TPSA) is 66.0 Å². The zero-order valence-electron chi connectivity index (χ0n) is 10.8. The molecular weight excluding hydrogens is 267 g/mol. The summed E-state index contributed by atoms with van der Waals surface area (Å²) in [6.45, 7) is 0.341. The van der Waals surface area contributed by atoms with E-state index in [0.717, 1.165) is 10.7 Å². The quantitative estimate of drug-likeness (QED) is 0.846. The van der Waals surface area contributed by atoms with Crippen LogP contribution < -0.4 is 10.5 Å². The molecule has 0 saturated carbocycles. The first-order valence-corrected chi connectivity index (χ1v) is 6.67. The minimum Gasteiger partial charge on any atom is -0.496 e. The Labute approximate surface area is 115 Å². The Hall–Kier alpha value is -1.60. The van der Waals surface area contributed by atoms with E-state index in [1.807, 2.05) is 11.6 Å². The van der Waals surface area contributed by atoms with Crippen molar-refractivity contribution in [1.29, 1.82) is 0 Å². The number of rotatable bonds is 5. The molecule has 2 rings (SSSR count). The van der Waals surface area contributed by atoms with Crippen LogP contribution in [-0.4, -0.2) is 21.9 Å². The maximum absolute atomic E-state index is 13.2. The van der Waals surface area contributed by atoms with E-state index >= 15 is 0 Å². The van der Waals surface area contributed by atoms with Crippen molar-refractivity contribution in [3.05, 3.63) is 35.4 Å². The van der Waals surface area contributed by atoms with E-state index in [1.165, 1.54) is 23.9 Å². The summed E-state index contributed by atoms with van der Waals surface area (Å²) in [4.78, 5) is 0. The van der Waals surface area contributed by atoms with Crippen LogP contribution in [0.25, 0.3) is 0 Å². The summed E-state index contributed by atoms with van der Waals surface area (Å²) in [5, 5.41) is 8.75. The number of thioether (sulfide) groups is 1. The lowest BCUT2D eigenvalue weighted by Crippen LogP contribution is -2.05. The number of nitrogens with zero attached hydrogens (tertiary/aromatic N) is 3. The molecule has 1 aromatic carbocycles. The third-order valence-electron chi connectivity index (χ3n) is 2.71. The van der Waals surface area contributed by atoms with Gasteiger partial charge in [-0.05, 0) is 18.2 Å². The number of aromatic nitrogens is 3. The van der Waals surface area contributed by atoms with Crippen molar-refractivity contribution < 1.29 is 9.13 Å². The Balaban J connectivity index is 2.13. The van der Waals surface area contributed by atoms with Gasteiger partial charge in [-0.3, -0.25) is 0 Å². The highest BCUT2D eigenvalue weighted by Crippen LogP contribution is 2.27. The van der Waals surface area contributed by atoms with Gasteiger partial charge in [0.2, 0.25) is 0 Å². The van der Waals surface area contributed by atoms with Gasteiger partial charge in [0.25, 0.3) is 0 Å². The molecule has 0 radical (unpaired) electrons. The van der Waals surface area contributed by atoms with Crippen molar-refractivity contribution in [2.75, 3.05) is 7.11 Å². The first-order valence-electron chi connectivity index (χ1n) is 5.69. The zero-order valence-corrected chi connectivity index (χ0v) is 11.6. The fraction of sp³-hybridized carbons (Fsp3) is 0.333. The van der Waals surface area contributed by atoms with Gasteiger partial charge in [0.1, 0.15) is 17.4 Å². The molecule has 19 heavy (non-hydrogen) atoms. The van der Waals surface area contributed by atoms with Gasteiger partial charge < -0.3 is 15.0 Å². The maximum atomic E-state index is 13.2. The summed E-state index contributed by atoms with van der Waals surface area (Å²) in [6.07, 6.45) is 0. The van der Waals surface area contributed by atoms with Crippen LogP contribution in [0, 0.1) is 5.82 Å². The lowest BCUT2D eigenvalue weighted by Gasteiger charge is -2.08. The van der Waals surface area contributed by atoms with Gasteiger partial charge in [-0.2, -0.15) is 0 Å². The molecule has 0 saturated heterocycles. The molecule has 2 N–H and O–H groups in total. The van der Waals surface area contributed by atoms with Crippen LogP contribution in [0.3, 0.4) is 0 Å². The van der Waals surface area contributed by atoms with Crippen molar-refractivity contribution >= 4 is 11.8 Å². The minimum absolute atomic E-state index is 0.281. The Morgan fingerprint density at radius 2 is 2.21 bits per heavy atom. The maximum Gasteiger partial charge on any atom is 0.191 e. The predicted octanol–water partition coefficient (Wildman–Crippen LogP) is 1.71. The largest absolute Gasteiger partial charge is 0.496 e. The first-order chi connectivity index (χ1) is 9.15. The molecular formula is C12H15FN4OS. The average molecular weight is 282 g/mol. The number of halogens is 1. The summed E-state index contributed by atoms with van der Waals surface area (Å²) in [5.41, 5.74) is 6.32. The third-order valence-corrected chi connectivity index (χ3v) is 3.78. The number of hydrogen-bond donors (Lipinski definition) is 1. The molecule has 0 atom stereocenters. The van der Waals surface area contributed by atoms with Crippen molar-refractivity contribution in [3.8, 4) is 5.75 Å². The number of ether oxygens (including phenoxy) is 1. The molecule has 0 fully saturated rings. The highest BCUT2D eigenvalue weighted by Gasteiger charge is 2.10. The van der Waals surface area contributed by atoms with E-state index in [9.17, 15) is 4.39 Å². The van der Waals surface area contributed by atoms with Gasteiger partial charge in [-0.25, -0.2) is 4.39 Å². The molecule has 0 bridgehead atoms. The van der Waals surface area contributed by atoms with E-state index in [1.54, 1.807) is 13.2 Å². The van der Waals surface area contributed by atoms with Crippen LogP contribution >= 0.6 is 11.8 Å². The van der Waals surface area contributed by atoms with E-state index in [-0.39, 0.29) is 5.82 Å². The molecule has 0 aliphatic heterocycles. The van der Waals surface area contributed by atoms with Gasteiger partial charge in [0.05, 0.1) is 13.7 Å². The molecule has 102 valence electrons. The van der Waals surface area contributed by atoms with Crippen LogP contribution in [0.1, 0.15) is 11.4 Å². The molecule has 1 aromatic heterocycles. The van der Waals surface area contributed by atoms with Gasteiger partial charge in [0.15, 0.2) is 5.16 Å². The second-order valence-electron chi connectivity index (χ2n) is 3.91. The monoisotopic (exact) mass is 282 g/mol. The SMILES string of the molecule is COc1ccc(F)cc1CSc1nnc(CN)n1C. The van der Waals surface area contributed by atoms with Crippen molar-refractivity contribution in [2.24, 2.45) is 12.8 Å². The molecule has 0 aliphatic rings. The van der Waals surface area contributed by atoms with Crippen LogP contribution in [-0.2, 0) is 19.3 Å². The van der Waals surface area contributed by atoms with Crippen molar-refractivity contribution in [1.82, 2.24) is 14.8 Å². The average Bonchev–Trinajstić information content (AvgIpc) is 2.77. The lowest BCUT2D eigenvalue weighted by atomic mass is 10.2. The van der Waals surface area contributed by atoms with E-state index in [4.69, 9.17) is 10.5 Å². The predicted molar refractivity (Wildman–Crippen MR) is 71.4 cm³/mol. The second kappa shape index (κ2) is 6.03. The Bertz CT molecular complexity index is 573. The van der Waals surface area contributed by atoms with Crippen molar-refractivity contribution in [2.45, 2.75) is 17.5 Å². The number of hydrogen-bond acceptors (Lipinski definition) is 5. The van der Waals surface area contributed by atoms with E-state index < -0.39 is 0 Å². The van der Waals surface area contributed by atoms with Gasteiger partial charge in [-0.1, -0.05) is 11.8 Å². The van der Waals surface area contributed by atoms with Crippen LogP contribution in [0.2, 0.25) is 0 Å². The smallest absolute Gasteiger partial charge is 0.191 e. The lowest BCUT2D eigenvalue weighted by molar-refractivity contribution is 0.410. The molecule has 7 heteroatoms. The molecule has 0 spiro atoms. The molecule has 0 unspecified atom stereocenters. The summed E-state index contributed by atoms with van der Waals surface area (Å²) in [6, 6.07) is 4.46. The fourth-order valence-electron chi connectivity index (χ4n) is 1.65. The Kier molecular flexibility index (Phi) is 4.39. The van der Waals surface area contributed by atoms with Crippen molar-refractivity contribution in [3.63, 3.8) is 0 Å². The summed E-state index contributed by atoms with van der Waals surface area (Å²) in [7, 11) is 3.42. The normalized spacial score (nSPS) is 10.7. The third kappa shape index (κ3) is 3.05. The molecule has 0 aliphatic carbocycles. The highest BCUT2D eigenvalue weighted by atomic mass is 32.2. The minimum atomic E-state index is -0.281. The fourth-order valence-corrected chi connectivity index (χ4v) is 2.56.